The van der Waals surface area contributed by atoms with Crippen molar-refractivity contribution in [3.8, 4) is 0 Å². The average Bonchev–Trinajstić information content (AvgIpc) is 3.11. The van der Waals surface area contributed by atoms with Gasteiger partial charge in [0.2, 0.25) is 0 Å². The van der Waals surface area contributed by atoms with Crippen molar-refractivity contribution in [2.24, 2.45) is 11.7 Å². The highest BCUT2D eigenvalue weighted by Crippen LogP contribution is 2.37. The monoisotopic (exact) mass is 258 g/mol. The molecule has 1 aromatic carbocycles. The molecular formula is C17H26N2. The molecule has 2 aliphatic rings. The summed E-state index contributed by atoms with van der Waals surface area (Å²) in [5.74, 6) is 0.950. The molecule has 3 rings (SSSR count). The molecule has 1 aromatic rings. The molecule has 2 fully saturated rings. The molecule has 1 aliphatic heterocycles. The van der Waals surface area contributed by atoms with Gasteiger partial charge >= 0.3 is 0 Å². The first kappa shape index (κ1) is 13.0. The average molecular weight is 258 g/mol. The molecule has 2 N–H and O–H groups in total. The van der Waals surface area contributed by atoms with Crippen LogP contribution >= 0.6 is 0 Å². The van der Waals surface area contributed by atoms with E-state index in [1.165, 1.54) is 56.3 Å². The van der Waals surface area contributed by atoms with E-state index in [4.69, 9.17) is 5.73 Å². The number of benzene rings is 1. The molecule has 2 heteroatoms. The molecule has 1 unspecified atom stereocenters. The fourth-order valence-corrected chi connectivity index (χ4v) is 3.97. The minimum absolute atomic E-state index is 0.744. The molecule has 0 aromatic heterocycles. The maximum Gasteiger partial charge on any atom is 0.0368 e. The van der Waals surface area contributed by atoms with Crippen molar-refractivity contribution >= 4 is 5.69 Å². The normalized spacial score (nSPS) is 24.3. The van der Waals surface area contributed by atoms with Crippen LogP contribution < -0.4 is 10.6 Å². The van der Waals surface area contributed by atoms with E-state index >= 15 is 0 Å². The molecular weight excluding hydrogens is 232 g/mol. The highest BCUT2D eigenvalue weighted by molar-refractivity contribution is 5.49. The molecule has 1 saturated heterocycles. The van der Waals surface area contributed by atoms with Crippen LogP contribution in [0.1, 0.15) is 44.1 Å². The first-order valence-corrected chi connectivity index (χ1v) is 7.94. The van der Waals surface area contributed by atoms with Gasteiger partial charge in [-0.05, 0) is 62.3 Å². The smallest absolute Gasteiger partial charge is 0.0368 e. The van der Waals surface area contributed by atoms with E-state index in [1.54, 1.807) is 0 Å². The molecule has 0 radical (unpaired) electrons. The van der Waals surface area contributed by atoms with Gasteiger partial charge in [-0.15, -0.1) is 0 Å². The van der Waals surface area contributed by atoms with E-state index in [-0.39, 0.29) is 0 Å². The topological polar surface area (TPSA) is 29.3 Å². The second-order valence-electron chi connectivity index (χ2n) is 6.15. The zero-order valence-corrected chi connectivity index (χ0v) is 11.9. The Balaban J connectivity index is 1.72. The third kappa shape index (κ3) is 2.79. The van der Waals surface area contributed by atoms with Gasteiger partial charge in [0, 0.05) is 18.3 Å². The Morgan fingerprint density at radius 3 is 2.42 bits per heavy atom. The zero-order chi connectivity index (χ0) is 13.1. The largest absolute Gasteiger partial charge is 0.368 e. The first-order valence-electron chi connectivity index (χ1n) is 7.94. The molecule has 2 nitrogen and oxygen atoms in total. The summed E-state index contributed by atoms with van der Waals surface area (Å²) in [5.41, 5.74) is 8.40. The van der Waals surface area contributed by atoms with Crippen LogP contribution in [0.15, 0.2) is 24.3 Å². The van der Waals surface area contributed by atoms with Gasteiger partial charge in [-0.25, -0.2) is 0 Å². The van der Waals surface area contributed by atoms with Gasteiger partial charge in [0.25, 0.3) is 0 Å². The van der Waals surface area contributed by atoms with Gasteiger partial charge in [0.1, 0.15) is 0 Å². The Bertz CT molecular complexity index is 392. The van der Waals surface area contributed by atoms with E-state index in [2.05, 4.69) is 29.2 Å². The summed E-state index contributed by atoms with van der Waals surface area (Å²) in [5, 5.41) is 0. The van der Waals surface area contributed by atoms with Gasteiger partial charge in [-0.3, -0.25) is 0 Å². The molecule has 1 atom stereocenters. The van der Waals surface area contributed by atoms with E-state index in [9.17, 15) is 0 Å². The third-order valence-corrected chi connectivity index (χ3v) is 4.94. The van der Waals surface area contributed by atoms with E-state index < -0.39 is 0 Å². The van der Waals surface area contributed by atoms with E-state index in [0.29, 0.717) is 0 Å². The third-order valence-electron chi connectivity index (χ3n) is 4.94. The van der Waals surface area contributed by atoms with Crippen molar-refractivity contribution in [2.45, 2.75) is 51.0 Å². The number of anilines is 1. The van der Waals surface area contributed by atoms with Gasteiger partial charge in [0.05, 0.1) is 0 Å². The maximum atomic E-state index is 5.62. The lowest BCUT2D eigenvalue weighted by Gasteiger charge is -2.31. The Hall–Kier alpha value is -1.02. The fourth-order valence-electron chi connectivity index (χ4n) is 3.97. The van der Waals surface area contributed by atoms with Crippen LogP contribution in [0.25, 0.3) is 0 Å². The molecule has 0 amide bonds. The number of hydrogen-bond donors (Lipinski definition) is 1. The van der Waals surface area contributed by atoms with Crippen molar-refractivity contribution < 1.29 is 0 Å². The van der Waals surface area contributed by atoms with E-state index in [0.717, 1.165) is 24.9 Å². The molecule has 104 valence electrons. The van der Waals surface area contributed by atoms with Crippen LogP contribution in [0.3, 0.4) is 0 Å². The lowest BCUT2D eigenvalue weighted by molar-refractivity contribution is 0.431. The van der Waals surface area contributed by atoms with Crippen LogP contribution in [-0.2, 0) is 6.42 Å². The quantitative estimate of drug-likeness (QED) is 0.897. The summed E-state index contributed by atoms with van der Waals surface area (Å²) in [6.45, 7) is 1.99. The number of hydrogen-bond acceptors (Lipinski definition) is 2. The Morgan fingerprint density at radius 2 is 1.74 bits per heavy atom. The van der Waals surface area contributed by atoms with Crippen molar-refractivity contribution in [2.75, 3.05) is 18.0 Å². The molecule has 0 bridgehead atoms. The summed E-state index contributed by atoms with van der Waals surface area (Å²) in [6.07, 6.45) is 9.56. The van der Waals surface area contributed by atoms with Crippen molar-refractivity contribution in [1.29, 1.82) is 0 Å². The van der Waals surface area contributed by atoms with Crippen molar-refractivity contribution in [3.05, 3.63) is 29.8 Å². The molecule has 0 spiro atoms. The lowest BCUT2D eigenvalue weighted by atomic mass is 9.95. The minimum Gasteiger partial charge on any atom is -0.368 e. The van der Waals surface area contributed by atoms with Crippen LogP contribution in [-0.4, -0.2) is 19.1 Å². The van der Waals surface area contributed by atoms with Gasteiger partial charge < -0.3 is 10.6 Å². The summed E-state index contributed by atoms with van der Waals surface area (Å²) in [6, 6.07) is 9.93. The second kappa shape index (κ2) is 5.96. The summed E-state index contributed by atoms with van der Waals surface area (Å²) in [4.78, 5) is 2.67. The van der Waals surface area contributed by atoms with Gasteiger partial charge in [0.15, 0.2) is 0 Å². The Kier molecular flexibility index (Phi) is 4.07. The van der Waals surface area contributed by atoms with Crippen LogP contribution in [0.5, 0.6) is 0 Å². The number of rotatable bonds is 4. The summed E-state index contributed by atoms with van der Waals surface area (Å²) < 4.78 is 0. The predicted octanol–water partition coefficient (Wildman–Crippen LogP) is 3.35. The van der Waals surface area contributed by atoms with Crippen LogP contribution in [0, 0.1) is 5.92 Å². The first-order chi connectivity index (χ1) is 9.38. The maximum absolute atomic E-state index is 5.62. The van der Waals surface area contributed by atoms with Gasteiger partial charge in [-0.1, -0.05) is 25.0 Å². The second-order valence-corrected chi connectivity index (χ2v) is 6.15. The van der Waals surface area contributed by atoms with Crippen LogP contribution in [0.4, 0.5) is 5.69 Å². The molecule has 19 heavy (non-hydrogen) atoms. The molecule has 1 heterocycles. The lowest BCUT2D eigenvalue weighted by Crippen LogP contribution is -2.34. The van der Waals surface area contributed by atoms with Crippen LogP contribution in [0.2, 0.25) is 0 Å². The SMILES string of the molecule is NCCc1ccc(N2CCCC2C2CCCC2)cc1. The zero-order valence-electron chi connectivity index (χ0n) is 11.9. The number of nitrogens with zero attached hydrogens (tertiary/aromatic N) is 1. The van der Waals surface area contributed by atoms with Crippen molar-refractivity contribution in [1.82, 2.24) is 0 Å². The Morgan fingerprint density at radius 1 is 1.00 bits per heavy atom. The molecule has 1 saturated carbocycles. The summed E-state index contributed by atoms with van der Waals surface area (Å²) >= 11 is 0. The highest BCUT2D eigenvalue weighted by Gasteiger charge is 2.33. The molecule has 1 aliphatic carbocycles. The van der Waals surface area contributed by atoms with Crippen molar-refractivity contribution in [3.63, 3.8) is 0 Å². The van der Waals surface area contributed by atoms with E-state index in [1.807, 2.05) is 0 Å². The van der Waals surface area contributed by atoms with Gasteiger partial charge in [-0.2, -0.15) is 0 Å². The highest BCUT2D eigenvalue weighted by atomic mass is 15.2. The fraction of sp³-hybridized carbons (Fsp3) is 0.647. The predicted molar refractivity (Wildman–Crippen MR) is 81.5 cm³/mol. The number of nitrogens with two attached hydrogens (primary N) is 1. The Labute approximate surface area is 117 Å². The minimum atomic E-state index is 0.744. The standard InChI is InChI=1S/C17H26N2/c18-12-11-14-7-9-16(10-8-14)19-13-3-6-17(19)15-4-1-2-5-15/h7-10,15,17H,1-6,11-13,18H2. The summed E-state index contributed by atoms with van der Waals surface area (Å²) in [7, 11) is 0.